The predicted octanol–water partition coefficient (Wildman–Crippen LogP) is 3.47. The van der Waals surface area contributed by atoms with E-state index in [2.05, 4.69) is 46.6 Å². The molecule has 2 N–H and O–H groups in total. The highest BCUT2D eigenvalue weighted by molar-refractivity contribution is 8.15. The number of hydrogen-bond acceptors (Lipinski definition) is 6. The van der Waals surface area contributed by atoms with Gasteiger partial charge in [-0.3, -0.25) is 5.41 Å². The molecule has 2 aliphatic rings. The van der Waals surface area contributed by atoms with Crippen molar-refractivity contribution in [3.63, 3.8) is 0 Å². The van der Waals surface area contributed by atoms with Crippen LogP contribution in [0.3, 0.4) is 0 Å². The molecule has 2 atom stereocenters. The Hall–Kier alpha value is -1.54. The fraction of sp³-hybridized carbons (Fsp3) is 0.600. The van der Waals surface area contributed by atoms with Gasteiger partial charge in [0.05, 0.1) is 23.8 Å². The maximum Gasteiger partial charge on any atom is 0.177 e. The lowest BCUT2D eigenvalue weighted by Gasteiger charge is -2.28. The van der Waals surface area contributed by atoms with Crippen molar-refractivity contribution >= 4 is 33.0 Å². The lowest BCUT2D eigenvalue weighted by molar-refractivity contribution is 0.376. The van der Waals surface area contributed by atoms with E-state index in [1.165, 1.54) is 16.8 Å². The summed E-state index contributed by atoms with van der Waals surface area (Å²) in [7, 11) is -3.07. The van der Waals surface area contributed by atoms with Crippen LogP contribution in [0.15, 0.2) is 17.2 Å². The molecule has 6 nitrogen and oxygen atoms in total. The van der Waals surface area contributed by atoms with Crippen molar-refractivity contribution in [1.82, 2.24) is 5.01 Å². The van der Waals surface area contributed by atoms with Crippen molar-refractivity contribution in [2.24, 2.45) is 5.10 Å². The third-order valence-corrected chi connectivity index (χ3v) is 8.26. The van der Waals surface area contributed by atoms with Gasteiger partial charge in [-0.1, -0.05) is 53.3 Å². The molecule has 2 aliphatic heterocycles. The fourth-order valence-electron chi connectivity index (χ4n) is 3.63. The molecular weight excluding hydrogens is 394 g/mol. The molecule has 0 unspecified atom stereocenters. The number of rotatable bonds is 2. The third kappa shape index (κ3) is 4.08. The first-order valence-electron chi connectivity index (χ1n) is 9.36. The minimum absolute atomic E-state index is 0.0421. The minimum Gasteiger partial charge on any atom is -0.507 e. The average molecular weight is 424 g/mol. The van der Waals surface area contributed by atoms with Crippen LogP contribution >= 0.6 is 11.8 Å². The standard InChI is InChI=1S/C20H29N3O3S2/c1-19(2,3)13-7-12(8-14(17(13)24)20(4,5)6)9-22-23-15-10-28(25,26)11-16(15)27-18(23)21/h7-9,15-16,21,24H,10-11H2,1-6H3/t15-,16-/m0/s1. The molecule has 0 radical (unpaired) electrons. The summed E-state index contributed by atoms with van der Waals surface area (Å²) in [5.74, 6) is 0.460. The van der Waals surface area contributed by atoms with Gasteiger partial charge in [-0.2, -0.15) is 5.10 Å². The number of benzene rings is 1. The van der Waals surface area contributed by atoms with Gasteiger partial charge in [-0.25, -0.2) is 13.4 Å². The molecular formula is C20H29N3O3S2. The topological polar surface area (TPSA) is 93.8 Å². The van der Waals surface area contributed by atoms with Crippen LogP contribution in [0.5, 0.6) is 5.75 Å². The number of nitrogens with zero attached hydrogens (tertiary/aromatic N) is 2. The van der Waals surface area contributed by atoms with E-state index < -0.39 is 9.84 Å². The Kier molecular flexibility index (Phi) is 5.11. The predicted molar refractivity (Wildman–Crippen MR) is 116 cm³/mol. The summed E-state index contributed by atoms with van der Waals surface area (Å²) in [6.07, 6.45) is 1.67. The first-order valence-corrected chi connectivity index (χ1v) is 12.1. The van der Waals surface area contributed by atoms with Gasteiger partial charge in [0, 0.05) is 16.4 Å². The SMILES string of the molecule is CC(C)(C)c1cc(C=NN2C(=N)S[C@H]3CS(=O)(=O)C[C@@H]32)cc(C(C)(C)C)c1O. The van der Waals surface area contributed by atoms with E-state index in [0.717, 1.165) is 16.7 Å². The monoisotopic (exact) mass is 423 g/mol. The molecule has 0 saturated carbocycles. The summed E-state index contributed by atoms with van der Waals surface area (Å²) in [6.45, 7) is 12.3. The summed E-state index contributed by atoms with van der Waals surface area (Å²) in [4.78, 5) is 0. The zero-order valence-corrected chi connectivity index (χ0v) is 18.9. The Morgan fingerprint density at radius 1 is 1.14 bits per heavy atom. The molecule has 0 aromatic heterocycles. The quantitative estimate of drug-likeness (QED) is 0.711. The number of hydrogen-bond donors (Lipinski definition) is 2. The molecule has 1 aromatic carbocycles. The number of hydrazone groups is 1. The van der Waals surface area contributed by atoms with Gasteiger partial charge in [-0.05, 0) is 28.5 Å². The second-order valence-corrected chi connectivity index (χ2v) is 13.0. The summed E-state index contributed by atoms with van der Waals surface area (Å²) >= 11 is 1.28. The molecule has 0 amide bonds. The minimum atomic E-state index is -3.07. The number of phenolic OH excluding ortho intramolecular Hbond substituents is 1. The Bertz CT molecular complexity index is 905. The molecule has 28 heavy (non-hydrogen) atoms. The van der Waals surface area contributed by atoms with Gasteiger partial charge in [0.2, 0.25) is 0 Å². The van der Waals surface area contributed by atoms with E-state index in [9.17, 15) is 13.5 Å². The van der Waals surface area contributed by atoms with Gasteiger partial charge in [-0.15, -0.1) is 0 Å². The number of thioether (sulfide) groups is 1. The van der Waals surface area contributed by atoms with Crippen molar-refractivity contribution in [2.75, 3.05) is 11.5 Å². The van der Waals surface area contributed by atoms with E-state index in [1.54, 1.807) is 6.21 Å². The van der Waals surface area contributed by atoms with E-state index in [1.807, 2.05) is 12.1 Å². The Morgan fingerprint density at radius 3 is 2.18 bits per heavy atom. The number of amidine groups is 1. The van der Waals surface area contributed by atoms with Gasteiger partial charge in [0.25, 0.3) is 0 Å². The summed E-state index contributed by atoms with van der Waals surface area (Å²) in [6, 6.07) is 3.56. The van der Waals surface area contributed by atoms with Crippen LogP contribution in [0.2, 0.25) is 0 Å². The van der Waals surface area contributed by atoms with Crippen molar-refractivity contribution in [1.29, 1.82) is 5.41 Å². The van der Waals surface area contributed by atoms with Crippen LogP contribution in [-0.2, 0) is 20.7 Å². The molecule has 2 saturated heterocycles. The van der Waals surface area contributed by atoms with Gasteiger partial charge >= 0.3 is 0 Å². The molecule has 0 bridgehead atoms. The van der Waals surface area contributed by atoms with Crippen LogP contribution in [-0.4, -0.2) is 52.7 Å². The van der Waals surface area contributed by atoms with Crippen molar-refractivity contribution in [2.45, 2.75) is 63.7 Å². The van der Waals surface area contributed by atoms with E-state index in [0.29, 0.717) is 5.75 Å². The Morgan fingerprint density at radius 2 is 1.68 bits per heavy atom. The molecule has 0 spiro atoms. The average Bonchev–Trinajstić information content (AvgIpc) is 2.94. The molecule has 2 heterocycles. The molecule has 8 heteroatoms. The highest BCUT2D eigenvalue weighted by Gasteiger charge is 2.48. The van der Waals surface area contributed by atoms with Crippen molar-refractivity contribution in [3.8, 4) is 5.75 Å². The van der Waals surface area contributed by atoms with E-state index >= 15 is 0 Å². The third-order valence-electron chi connectivity index (χ3n) is 5.14. The molecule has 1 aromatic rings. The lowest BCUT2D eigenvalue weighted by atomic mass is 9.78. The van der Waals surface area contributed by atoms with Gasteiger partial charge < -0.3 is 5.11 Å². The first kappa shape index (κ1) is 21.2. The molecule has 3 rings (SSSR count). The van der Waals surface area contributed by atoms with Crippen LogP contribution in [0, 0.1) is 5.41 Å². The summed E-state index contributed by atoms with van der Waals surface area (Å²) in [5.41, 5.74) is 2.03. The van der Waals surface area contributed by atoms with Gasteiger partial charge in [0.1, 0.15) is 5.75 Å². The van der Waals surface area contributed by atoms with E-state index in [4.69, 9.17) is 5.41 Å². The number of sulfone groups is 1. The second kappa shape index (κ2) is 6.76. The van der Waals surface area contributed by atoms with Crippen LogP contribution in [0.1, 0.15) is 58.2 Å². The first-order chi connectivity index (χ1) is 12.7. The van der Waals surface area contributed by atoms with Crippen LogP contribution in [0.25, 0.3) is 0 Å². The fourth-order valence-corrected chi connectivity index (χ4v) is 7.34. The zero-order chi connectivity index (χ0) is 21.1. The Labute approximate surface area is 171 Å². The maximum absolute atomic E-state index is 11.9. The summed E-state index contributed by atoms with van der Waals surface area (Å²) < 4.78 is 23.9. The highest BCUT2D eigenvalue weighted by Crippen LogP contribution is 2.40. The van der Waals surface area contributed by atoms with E-state index in [-0.39, 0.29) is 38.8 Å². The van der Waals surface area contributed by atoms with Crippen LogP contribution < -0.4 is 0 Å². The number of phenols is 1. The normalized spacial score (nSPS) is 24.9. The Balaban J connectivity index is 1.99. The maximum atomic E-state index is 11.9. The number of fused-ring (bicyclic) bond motifs is 1. The number of nitrogens with one attached hydrogen (secondary N) is 1. The molecule has 2 fully saturated rings. The summed E-state index contributed by atoms with van der Waals surface area (Å²) in [5, 5.41) is 25.2. The lowest BCUT2D eigenvalue weighted by Crippen LogP contribution is -2.32. The van der Waals surface area contributed by atoms with Crippen molar-refractivity contribution in [3.05, 3.63) is 28.8 Å². The second-order valence-electron chi connectivity index (χ2n) is 9.66. The van der Waals surface area contributed by atoms with Gasteiger partial charge in [0.15, 0.2) is 15.0 Å². The van der Waals surface area contributed by atoms with Crippen molar-refractivity contribution < 1.29 is 13.5 Å². The smallest absolute Gasteiger partial charge is 0.177 e. The van der Waals surface area contributed by atoms with Crippen LogP contribution in [0.4, 0.5) is 0 Å². The number of aromatic hydroxyl groups is 1. The molecule has 0 aliphatic carbocycles. The zero-order valence-electron chi connectivity index (χ0n) is 17.3. The highest BCUT2D eigenvalue weighted by atomic mass is 32.2. The largest absolute Gasteiger partial charge is 0.507 e. The molecule has 154 valence electrons.